The van der Waals surface area contributed by atoms with Gasteiger partial charge in [-0.2, -0.15) is 0 Å². The molecule has 8 nitrogen and oxygen atoms in total. The van der Waals surface area contributed by atoms with Gasteiger partial charge in [-0.1, -0.05) is 12.1 Å². The van der Waals surface area contributed by atoms with E-state index < -0.39 is 17.7 Å². The van der Waals surface area contributed by atoms with Crippen LogP contribution in [0.15, 0.2) is 48.0 Å². The summed E-state index contributed by atoms with van der Waals surface area (Å²) >= 11 is 0. The Kier molecular flexibility index (Phi) is 7.73. The highest BCUT2D eigenvalue weighted by Crippen LogP contribution is 2.40. The lowest BCUT2D eigenvalue weighted by molar-refractivity contribution is -0.140. The van der Waals surface area contributed by atoms with Gasteiger partial charge >= 0.3 is 0 Å². The van der Waals surface area contributed by atoms with Gasteiger partial charge in [0.1, 0.15) is 17.3 Å². The second-order valence-electron chi connectivity index (χ2n) is 8.76. The number of aliphatic hydroxyl groups excluding tert-OH is 1. The van der Waals surface area contributed by atoms with Gasteiger partial charge in [-0.15, -0.1) is 0 Å². The molecule has 0 bridgehead atoms. The predicted molar refractivity (Wildman–Crippen MR) is 132 cm³/mol. The maximum Gasteiger partial charge on any atom is 0.295 e. The topological polar surface area (TPSA) is 88.5 Å². The van der Waals surface area contributed by atoms with Gasteiger partial charge in [0.25, 0.3) is 11.7 Å². The van der Waals surface area contributed by atoms with Gasteiger partial charge in [0.2, 0.25) is 0 Å². The zero-order chi connectivity index (χ0) is 24.9. The summed E-state index contributed by atoms with van der Waals surface area (Å²) in [6.07, 6.45) is 0.710. The molecule has 35 heavy (non-hydrogen) atoms. The second-order valence-corrected chi connectivity index (χ2v) is 8.76. The average Bonchev–Trinajstić information content (AvgIpc) is 3.14. The summed E-state index contributed by atoms with van der Waals surface area (Å²) < 4.78 is 16.0. The summed E-state index contributed by atoms with van der Waals surface area (Å²) in [4.78, 5) is 30.3. The molecule has 0 saturated carbocycles. The van der Waals surface area contributed by atoms with Gasteiger partial charge in [-0.3, -0.25) is 14.5 Å². The van der Waals surface area contributed by atoms with Crippen molar-refractivity contribution in [3.05, 3.63) is 64.7 Å². The van der Waals surface area contributed by atoms with Crippen LogP contribution in [0.1, 0.15) is 29.2 Å². The molecule has 2 heterocycles. The van der Waals surface area contributed by atoms with Gasteiger partial charge in [0, 0.05) is 31.7 Å². The number of ether oxygens (including phenoxy) is 3. The Labute approximate surface area is 205 Å². The first kappa shape index (κ1) is 24.8. The monoisotopic (exact) mass is 480 g/mol. The van der Waals surface area contributed by atoms with Gasteiger partial charge < -0.3 is 24.2 Å². The largest absolute Gasteiger partial charge is 0.507 e. The van der Waals surface area contributed by atoms with Gasteiger partial charge in [-0.05, 0) is 54.8 Å². The molecule has 1 N–H and O–H groups in total. The minimum atomic E-state index is -0.687. The number of hydrogen-bond acceptors (Lipinski definition) is 7. The molecule has 8 heteroatoms. The van der Waals surface area contributed by atoms with Crippen molar-refractivity contribution in [2.75, 3.05) is 53.6 Å². The number of likely N-dealkylation sites (tertiary alicyclic amines) is 1. The molecule has 2 saturated heterocycles. The Morgan fingerprint density at radius 1 is 1.03 bits per heavy atom. The van der Waals surface area contributed by atoms with Crippen LogP contribution >= 0.6 is 0 Å². The SMILES string of the molecule is COc1ccc(C2/C(=C(\O)c3ccc(OC)c(C)c3)C(=O)C(=O)N2CCCN2CCOCC2)cc1. The van der Waals surface area contributed by atoms with E-state index in [2.05, 4.69) is 4.90 Å². The van der Waals surface area contributed by atoms with Crippen LogP contribution in [-0.2, 0) is 14.3 Å². The number of methoxy groups -OCH3 is 2. The third-order valence-electron chi connectivity index (χ3n) is 6.62. The molecular weight excluding hydrogens is 448 g/mol. The minimum absolute atomic E-state index is 0.0936. The summed E-state index contributed by atoms with van der Waals surface area (Å²) in [7, 11) is 3.16. The predicted octanol–water partition coefficient (Wildman–Crippen LogP) is 3.16. The minimum Gasteiger partial charge on any atom is -0.507 e. The molecule has 4 rings (SSSR count). The van der Waals surface area contributed by atoms with Crippen molar-refractivity contribution < 1.29 is 28.9 Å². The smallest absolute Gasteiger partial charge is 0.295 e. The number of carbonyl (C=O) groups is 2. The molecule has 1 unspecified atom stereocenters. The quantitative estimate of drug-likeness (QED) is 0.353. The number of aryl methyl sites for hydroxylation is 1. The molecule has 0 spiro atoms. The highest BCUT2D eigenvalue weighted by molar-refractivity contribution is 6.46. The summed E-state index contributed by atoms with van der Waals surface area (Å²) in [6, 6.07) is 11.7. The fourth-order valence-corrected chi connectivity index (χ4v) is 4.71. The summed E-state index contributed by atoms with van der Waals surface area (Å²) in [5, 5.41) is 11.3. The molecular formula is C27H32N2O6. The third kappa shape index (κ3) is 5.18. The summed E-state index contributed by atoms with van der Waals surface area (Å²) in [5.74, 6) is -0.117. The molecule has 2 aromatic rings. The molecule has 1 atom stereocenters. The van der Waals surface area contributed by atoms with E-state index in [-0.39, 0.29) is 11.3 Å². The number of rotatable bonds is 8. The standard InChI is InChI=1S/C27H32N2O6/c1-18-17-20(7-10-22(18)34-3)25(30)23-24(19-5-8-21(33-2)9-6-19)29(27(32)26(23)31)12-4-11-28-13-15-35-16-14-28/h5-10,17,24,30H,4,11-16H2,1-3H3/b25-23+. The number of amides is 1. The number of morpholine rings is 1. The van der Waals surface area contributed by atoms with E-state index in [9.17, 15) is 14.7 Å². The molecule has 0 aliphatic carbocycles. The van der Waals surface area contributed by atoms with Gasteiger partial charge in [0.05, 0.1) is 39.0 Å². The molecule has 2 fully saturated rings. The van der Waals surface area contributed by atoms with E-state index in [0.717, 1.165) is 30.8 Å². The van der Waals surface area contributed by atoms with Gasteiger partial charge in [-0.25, -0.2) is 0 Å². The van der Waals surface area contributed by atoms with Crippen molar-refractivity contribution in [2.45, 2.75) is 19.4 Å². The molecule has 2 aliphatic heterocycles. The van der Waals surface area contributed by atoms with E-state index in [4.69, 9.17) is 14.2 Å². The van der Waals surface area contributed by atoms with Crippen molar-refractivity contribution >= 4 is 17.4 Å². The van der Waals surface area contributed by atoms with E-state index in [0.29, 0.717) is 43.2 Å². The molecule has 186 valence electrons. The first-order valence-corrected chi connectivity index (χ1v) is 11.8. The Bertz CT molecular complexity index is 1110. The fourth-order valence-electron chi connectivity index (χ4n) is 4.71. The van der Waals surface area contributed by atoms with Crippen LogP contribution < -0.4 is 9.47 Å². The molecule has 0 aromatic heterocycles. The zero-order valence-corrected chi connectivity index (χ0v) is 20.5. The highest BCUT2D eigenvalue weighted by Gasteiger charge is 2.45. The maximum absolute atomic E-state index is 13.2. The van der Waals surface area contributed by atoms with Gasteiger partial charge in [0.15, 0.2) is 0 Å². The third-order valence-corrected chi connectivity index (χ3v) is 6.62. The molecule has 1 amide bonds. The van der Waals surface area contributed by atoms with E-state index >= 15 is 0 Å². The van der Waals surface area contributed by atoms with Crippen molar-refractivity contribution in [1.82, 2.24) is 9.80 Å². The van der Waals surface area contributed by atoms with Crippen LogP contribution in [0.2, 0.25) is 0 Å². The number of carbonyl (C=O) groups excluding carboxylic acids is 2. The molecule has 2 aliphatic rings. The van der Waals surface area contributed by atoms with Crippen LogP contribution in [0, 0.1) is 6.92 Å². The number of nitrogens with zero attached hydrogens (tertiary/aromatic N) is 2. The summed E-state index contributed by atoms with van der Waals surface area (Å²) in [5.41, 5.74) is 2.12. The normalized spacial score (nSPS) is 20.3. The number of aliphatic hydroxyl groups is 1. The maximum atomic E-state index is 13.2. The van der Waals surface area contributed by atoms with Crippen LogP contribution in [-0.4, -0.2) is 80.2 Å². The van der Waals surface area contributed by atoms with Crippen LogP contribution in [0.3, 0.4) is 0 Å². The fraction of sp³-hybridized carbons (Fsp3) is 0.407. The lowest BCUT2D eigenvalue weighted by Gasteiger charge is -2.29. The van der Waals surface area contributed by atoms with Crippen molar-refractivity contribution in [1.29, 1.82) is 0 Å². The highest BCUT2D eigenvalue weighted by atomic mass is 16.5. The Morgan fingerprint density at radius 2 is 1.74 bits per heavy atom. The average molecular weight is 481 g/mol. The Balaban J connectivity index is 1.69. The lowest BCUT2D eigenvalue weighted by atomic mass is 9.94. The summed E-state index contributed by atoms with van der Waals surface area (Å²) in [6.45, 7) is 6.20. The van der Waals surface area contributed by atoms with E-state index in [1.165, 1.54) is 0 Å². The first-order valence-electron chi connectivity index (χ1n) is 11.8. The number of ketones is 1. The van der Waals surface area contributed by atoms with Crippen LogP contribution in [0.5, 0.6) is 11.5 Å². The molecule has 2 aromatic carbocycles. The zero-order valence-electron chi connectivity index (χ0n) is 20.5. The number of benzene rings is 2. The van der Waals surface area contributed by atoms with Crippen LogP contribution in [0.25, 0.3) is 5.76 Å². The number of hydrogen-bond donors (Lipinski definition) is 1. The van der Waals surface area contributed by atoms with Crippen molar-refractivity contribution in [3.8, 4) is 11.5 Å². The Hall–Kier alpha value is -3.36. The van der Waals surface area contributed by atoms with E-state index in [1.807, 2.05) is 19.1 Å². The second kappa shape index (κ2) is 10.9. The number of Topliss-reactive ketones (excluding diaryl/α,β-unsaturated/α-hetero) is 1. The first-order chi connectivity index (χ1) is 16.9. The Morgan fingerprint density at radius 3 is 2.37 bits per heavy atom. The van der Waals surface area contributed by atoms with Crippen molar-refractivity contribution in [2.24, 2.45) is 0 Å². The van der Waals surface area contributed by atoms with Crippen LogP contribution in [0.4, 0.5) is 0 Å². The van der Waals surface area contributed by atoms with Crippen molar-refractivity contribution in [3.63, 3.8) is 0 Å². The molecule has 0 radical (unpaired) electrons. The lowest BCUT2D eigenvalue weighted by Crippen LogP contribution is -2.38. The van der Waals surface area contributed by atoms with E-state index in [1.54, 1.807) is 49.5 Å².